The molecule has 1 atom stereocenters. The SMILES string of the molecule is C[C@H](N)c1cccnc1SCc1ccccc1. The first-order valence-electron chi connectivity index (χ1n) is 5.64. The molecular weight excluding hydrogens is 228 g/mol. The maximum atomic E-state index is 5.93. The fourth-order valence-corrected chi connectivity index (χ4v) is 2.65. The molecule has 0 unspecified atom stereocenters. The van der Waals surface area contributed by atoms with E-state index in [4.69, 9.17) is 5.73 Å². The van der Waals surface area contributed by atoms with Crippen molar-refractivity contribution in [2.45, 2.75) is 23.7 Å². The molecule has 0 saturated carbocycles. The Morgan fingerprint density at radius 2 is 1.94 bits per heavy atom. The van der Waals surface area contributed by atoms with Gasteiger partial charge in [0, 0.05) is 23.6 Å². The Hall–Kier alpha value is -1.32. The number of rotatable bonds is 4. The van der Waals surface area contributed by atoms with Crippen molar-refractivity contribution in [1.82, 2.24) is 4.98 Å². The number of aromatic nitrogens is 1. The van der Waals surface area contributed by atoms with Crippen molar-refractivity contribution in [3.8, 4) is 0 Å². The van der Waals surface area contributed by atoms with Gasteiger partial charge in [0.05, 0.1) is 0 Å². The minimum absolute atomic E-state index is 0.0296. The number of nitrogens with two attached hydrogens (primary N) is 1. The largest absolute Gasteiger partial charge is 0.324 e. The van der Waals surface area contributed by atoms with E-state index in [-0.39, 0.29) is 6.04 Å². The normalized spacial score (nSPS) is 12.4. The van der Waals surface area contributed by atoms with Gasteiger partial charge in [0.2, 0.25) is 0 Å². The lowest BCUT2D eigenvalue weighted by molar-refractivity contribution is 0.779. The van der Waals surface area contributed by atoms with Crippen LogP contribution in [-0.2, 0) is 5.75 Å². The second-order valence-electron chi connectivity index (χ2n) is 3.96. The summed E-state index contributed by atoms with van der Waals surface area (Å²) >= 11 is 1.74. The van der Waals surface area contributed by atoms with Crippen LogP contribution in [0.15, 0.2) is 53.7 Å². The van der Waals surface area contributed by atoms with E-state index >= 15 is 0 Å². The minimum Gasteiger partial charge on any atom is -0.324 e. The number of hydrogen-bond donors (Lipinski definition) is 1. The Balaban J connectivity index is 2.09. The van der Waals surface area contributed by atoms with Crippen LogP contribution in [0.3, 0.4) is 0 Å². The molecule has 3 heteroatoms. The summed E-state index contributed by atoms with van der Waals surface area (Å²) in [5.41, 5.74) is 8.35. The zero-order valence-corrected chi connectivity index (χ0v) is 10.7. The first-order valence-corrected chi connectivity index (χ1v) is 6.63. The van der Waals surface area contributed by atoms with Crippen LogP contribution >= 0.6 is 11.8 Å². The van der Waals surface area contributed by atoms with Gasteiger partial charge in [0.1, 0.15) is 5.03 Å². The van der Waals surface area contributed by atoms with Crippen LogP contribution in [0.4, 0.5) is 0 Å². The van der Waals surface area contributed by atoms with Crippen molar-refractivity contribution in [1.29, 1.82) is 0 Å². The molecule has 88 valence electrons. The topological polar surface area (TPSA) is 38.9 Å². The summed E-state index contributed by atoms with van der Waals surface area (Å²) in [4.78, 5) is 4.40. The number of benzene rings is 1. The van der Waals surface area contributed by atoms with E-state index in [0.717, 1.165) is 16.3 Å². The van der Waals surface area contributed by atoms with Crippen LogP contribution < -0.4 is 5.73 Å². The van der Waals surface area contributed by atoms with E-state index < -0.39 is 0 Å². The Labute approximate surface area is 106 Å². The summed E-state index contributed by atoms with van der Waals surface area (Å²) in [5, 5.41) is 1.03. The maximum Gasteiger partial charge on any atom is 0.101 e. The van der Waals surface area contributed by atoms with Gasteiger partial charge >= 0.3 is 0 Å². The smallest absolute Gasteiger partial charge is 0.101 e. The summed E-state index contributed by atoms with van der Waals surface area (Å²) in [6.07, 6.45) is 1.82. The van der Waals surface area contributed by atoms with Gasteiger partial charge in [-0.15, -0.1) is 11.8 Å². The van der Waals surface area contributed by atoms with Crippen molar-refractivity contribution in [3.63, 3.8) is 0 Å². The Bertz CT molecular complexity index is 469. The van der Waals surface area contributed by atoms with Crippen LogP contribution in [0.25, 0.3) is 0 Å². The molecule has 0 radical (unpaired) electrons. The van der Waals surface area contributed by atoms with Crippen LogP contribution in [0.5, 0.6) is 0 Å². The molecule has 0 spiro atoms. The molecule has 0 aliphatic carbocycles. The van der Waals surface area contributed by atoms with E-state index in [2.05, 4.69) is 29.2 Å². The average molecular weight is 244 g/mol. The highest BCUT2D eigenvalue weighted by Gasteiger charge is 2.07. The predicted molar refractivity (Wildman–Crippen MR) is 72.8 cm³/mol. The number of hydrogen-bond acceptors (Lipinski definition) is 3. The van der Waals surface area contributed by atoms with Crippen molar-refractivity contribution in [3.05, 3.63) is 59.8 Å². The molecule has 2 rings (SSSR count). The molecule has 2 N–H and O–H groups in total. The molecule has 1 aromatic heterocycles. The molecule has 2 aromatic rings. The van der Waals surface area contributed by atoms with Gasteiger partial charge in [0.15, 0.2) is 0 Å². The van der Waals surface area contributed by atoms with Crippen LogP contribution in [0.2, 0.25) is 0 Å². The lowest BCUT2D eigenvalue weighted by Crippen LogP contribution is -2.07. The molecule has 0 fully saturated rings. The van der Waals surface area contributed by atoms with Gasteiger partial charge < -0.3 is 5.73 Å². The second kappa shape index (κ2) is 5.84. The van der Waals surface area contributed by atoms with Crippen molar-refractivity contribution in [2.24, 2.45) is 5.73 Å². The Morgan fingerprint density at radius 1 is 1.18 bits per heavy atom. The first-order chi connectivity index (χ1) is 8.27. The van der Waals surface area contributed by atoms with E-state index in [1.54, 1.807) is 11.8 Å². The van der Waals surface area contributed by atoms with Crippen molar-refractivity contribution < 1.29 is 0 Å². The quantitative estimate of drug-likeness (QED) is 0.838. The second-order valence-corrected chi connectivity index (χ2v) is 4.92. The first kappa shape index (κ1) is 12.1. The molecule has 2 nitrogen and oxygen atoms in total. The van der Waals surface area contributed by atoms with Gasteiger partial charge in [-0.05, 0) is 18.6 Å². The molecule has 0 amide bonds. The van der Waals surface area contributed by atoms with E-state index in [1.165, 1.54) is 5.56 Å². The molecule has 0 saturated heterocycles. The minimum atomic E-state index is 0.0296. The molecular formula is C14H16N2S. The third-order valence-corrected chi connectivity index (χ3v) is 3.60. The summed E-state index contributed by atoms with van der Waals surface area (Å²) in [5.74, 6) is 0.928. The molecule has 17 heavy (non-hydrogen) atoms. The summed E-state index contributed by atoms with van der Waals surface area (Å²) in [7, 11) is 0. The standard InChI is InChI=1S/C14H16N2S/c1-11(15)13-8-5-9-16-14(13)17-10-12-6-3-2-4-7-12/h2-9,11H,10,15H2,1H3/t11-/m0/s1. The molecule has 0 aliphatic rings. The van der Waals surface area contributed by atoms with E-state index in [0.29, 0.717) is 0 Å². The number of nitrogens with zero attached hydrogens (tertiary/aromatic N) is 1. The highest BCUT2D eigenvalue weighted by atomic mass is 32.2. The third kappa shape index (κ3) is 3.32. The van der Waals surface area contributed by atoms with Crippen LogP contribution in [-0.4, -0.2) is 4.98 Å². The van der Waals surface area contributed by atoms with E-state index in [1.807, 2.05) is 31.3 Å². The highest BCUT2D eigenvalue weighted by Crippen LogP contribution is 2.26. The molecule has 1 aromatic carbocycles. The van der Waals surface area contributed by atoms with E-state index in [9.17, 15) is 0 Å². The fraction of sp³-hybridized carbons (Fsp3) is 0.214. The zero-order valence-electron chi connectivity index (χ0n) is 9.84. The predicted octanol–water partition coefficient (Wildman–Crippen LogP) is 3.39. The molecule has 1 heterocycles. The van der Waals surface area contributed by atoms with Crippen LogP contribution in [0, 0.1) is 0 Å². The Morgan fingerprint density at radius 3 is 2.65 bits per heavy atom. The van der Waals surface area contributed by atoms with Gasteiger partial charge in [-0.1, -0.05) is 36.4 Å². The molecule has 0 aliphatic heterocycles. The van der Waals surface area contributed by atoms with Gasteiger partial charge in [-0.25, -0.2) is 4.98 Å². The van der Waals surface area contributed by atoms with Crippen molar-refractivity contribution >= 4 is 11.8 Å². The fourth-order valence-electron chi connectivity index (χ4n) is 1.60. The van der Waals surface area contributed by atoms with Gasteiger partial charge in [0.25, 0.3) is 0 Å². The summed E-state index contributed by atoms with van der Waals surface area (Å²) in [6.45, 7) is 1.99. The molecule has 0 bridgehead atoms. The zero-order chi connectivity index (χ0) is 12.1. The van der Waals surface area contributed by atoms with Gasteiger partial charge in [-0.2, -0.15) is 0 Å². The monoisotopic (exact) mass is 244 g/mol. The third-order valence-electron chi connectivity index (χ3n) is 2.51. The maximum absolute atomic E-state index is 5.93. The van der Waals surface area contributed by atoms with Gasteiger partial charge in [-0.3, -0.25) is 0 Å². The lowest BCUT2D eigenvalue weighted by Gasteiger charge is -2.10. The van der Waals surface area contributed by atoms with Crippen molar-refractivity contribution in [2.75, 3.05) is 0 Å². The lowest BCUT2D eigenvalue weighted by atomic mass is 10.2. The number of pyridine rings is 1. The summed E-state index contributed by atoms with van der Waals surface area (Å²) < 4.78 is 0. The average Bonchev–Trinajstić information content (AvgIpc) is 2.38. The highest BCUT2D eigenvalue weighted by molar-refractivity contribution is 7.98. The Kier molecular flexibility index (Phi) is 4.18. The summed E-state index contributed by atoms with van der Waals surface area (Å²) in [6, 6.07) is 14.4. The van der Waals surface area contributed by atoms with Crippen LogP contribution in [0.1, 0.15) is 24.1 Å². The number of thioether (sulfide) groups is 1.